The molecule has 1 aromatic heterocycles. The maximum atomic E-state index is 12.6. The second kappa shape index (κ2) is 8.20. The Balaban J connectivity index is 1.78. The molecule has 0 bridgehead atoms. The number of amidine groups is 1. The highest BCUT2D eigenvalue weighted by molar-refractivity contribution is 6.06. The third-order valence-corrected chi connectivity index (χ3v) is 4.46. The zero-order chi connectivity index (χ0) is 19.4. The first-order valence-corrected chi connectivity index (χ1v) is 9.28. The molecule has 0 spiro atoms. The number of nitrogens with zero attached hydrogens (tertiary/aromatic N) is 1. The summed E-state index contributed by atoms with van der Waals surface area (Å²) in [7, 11) is 0. The Morgan fingerprint density at radius 2 is 2.15 bits per heavy atom. The first kappa shape index (κ1) is 18.9. The van der Waals surface area contributed by atoms with Crippen LogP contribution in [0.15, 0.2) is 44.5 Å². The molecule has 1 aliphatic heterocycles. The van der Waals surface area contributed by atoms with E-state index in [-0.39, 0.29) is 5.56 Å². The van der Waals surface area contributed by atoms with Crippen LogP contribution in [-0.4, -0.2) is 24.8 Å². The number of amides is 1. The molecule has 6 heteroatoms. The van der Waals surface area contributed by atoms with Gasteiger partial charge in [0.15, 0.2) is 0 Å². The summed E-state index contributed by atoms with van der Waals surface area (Å²) in [6.07, 6.45) is 1.62. The molecule has 0 unspecified atom stereocenters. The van der Waals surface area contributed by atoms with E-state index in [4.69, 9.17) is 4.42 Å². The summed E-state index contributed by atoms with van der Waals surface area (Å²) >= 11 is 0. The van der Waals surface area contributed by atoms with E-state index < -0.39 is 11.5 Å². The van der Waals surface area contributed by atoms with Gasteiger partial charge in [-0.15, -0.1) is 0 Å². The highest BCUT2D eigenvalue weighted by Gasteiger charge is 2.18. The molecule has 1 aromatic carbocycles. The zero-order valence-electron chi connectivity index (χ0n) is 16.0. The Labute approximate surface area is 158 Å². The van der Waals surface area contributed by atoms with Gasteiger partial charge >= 0.3 is 5.63 Å². The lowest BCUT2D eigenvalue weighted by molar-refractivity contribution is 0.102. The fourth-order valence-corrected chi connectivity index (χ4v) is 3.03. The average Bonchev–Trinajstić information content (AvgIpc) is 3.14. The van der Waals surface area contributed by atoms with Crippen LogP contribution in [0.4, 0.5) is 5.69 Å². The van der Waals surface area contributed by atoms with E-state index in [0.29, 0.717) is 29.3 Å². The van der Waals surface area contributed by atoms with E-state index in [1.165, 1.54) is 0 Å². The number of anilines is 1. The Kier molecular flexibility index (Phi) is 5.74. The molecular formula is C21H25N3O3. The molecule has 6 nitrogen and oxygen atoms in total. The monoisotopic (exact) mass is 367 g/mol. The third kappa shape index (κ3) is 4.64. The maximum Gasteiger partial charge on any atom is 0.349 e. The fraction of sp³-hybridized carbons (Fsp3) is 0.381. The lowest BCUT2D eigenvalue weighted by Gasteiger charge is -2.10. The van der Waals surface area contributed by atoms with Crippen LogP contribution in [0.2, 0.25) is 0 Å². The molecule has 0 fully saturated rings. The number of aryl methyl sites for hydroxylation is 2. The van der Waals surface area contributed by atoms with Gasteiger partial charge in [0.1, 0.15) is 17.2 Å². The van der Waals surface area contributed by atoms with Gasteiger partial charge in [0, 0.05) is 24.2 Å². The van der Waals surface area contributed by atoms with Crippen molar-refractivity contribution in [2.45, 2.75) is 33.6 Å². The number of nitrogens with one attached hydrogen (secondary N) is 2. The summed E-state index contributed by atoms with van der Waals surface area (Å²) in [6, 6.07) is 9.17. The van der Waals surface area contributed by atoms with Crippen molar-refractivity contribution in [3.05, 3.63) is 63.2 Å². The standard InChI is InChI=1S/C21H25N3O3/c1-13(2)7-8-17-11-14(3)18(21(26)27-17)20(25)24-16-6-4-5-15(12-16)19-22-9-10-23-19/h4-6,11-13H,7-10H2,1-3H3,(H,22,23)(H,24,25). The molecule has 2 heterocycles. The Hall–Kier alpha value is -2.89. The van der Waals surface area contributed by atoms with E-state index in [2.05, 4.69) is 29.5 Å². The van der Waals surface area contributed by atoms with Crippen molar-refractivity contribution in [2.24, 2.45) is 10.9 Å². The number of hydrogen-bond acceptors (Lipinski definition) is 5. The first-order chi connectivity index (χ1) is 12.9. The van der Waals surface area contributed by atoms with Crippen molar-refractivity contribution >= 4 is 17.4 Å². The van der Waals surface area contributed by atoms with Crippen LogP contribution in [0.3, 0.4) is 0 Å². The van der Waals surface area contributed by atoms with Crippen molar-refractivity contribution < 1.29 is 9.21 Å². The number of hydrogen-bond donors (Lipinski definition) is 2. The molecule has 0 radical (unpaired) electrons. The largest absolute Gasteiger partial charge is 0.427 e. The van der Waals surface area contributed by atoms with Gasteiger partial charge in [-0.2, -0.15) is 0 Å². The molecular weight excluding hydrogens is 342 g/mol. The second-order valence-corrected chi connectivity index (χ2v) is 7.18. The van der Waals surface area contributed by atoms with Crippen molar-refractivity contribution in [3.63, 3.8) is 0 Å². The molecule has 1 aliphatic rings. The minimum atomic E-state index is -0.593. The van der Waals surface area contributed by atoms with Crippen molar-refractivity contribution in [1.29, 1.82) is 0 Å². The van der Waals surface area contributed by atoms with Gasteiger partial charge in [0.25, 0.3) is 5.91 Å². The number of carbonyl (C=O) groups is 1. The Bertz CT molecular complexity index is 929. The van der Waals surface area contributed by atoms with Crippen LogP contribution >= 0.6 is 0 Å². The summed E-state index contributed by atoms with van der Waals surface area (Å²) in [5.41, 5.74) is 1.59. The van der Waals surface area contributed by atoms with Crippen molar-refractivity contribution in [2.75, 3.05) is 18.4 Å². The molecule has 3 rings (SSSR count). The van der Waals surface area contributed by atoms with Crippen molar-refractivity contribution in [1.82, 2.24) is 5.32 Å². The van der Waals surface area contributed by atoms with Gasteiger partial charge in [0.2, 0.25) is 0 Å². The topological polar surface area (TPSA) is 83.7 Å². The molecule has 0 saturated heterocycles. The van der Waals surface area contributed by atoms with Gasteiger partial charge < -0.3 is 15.1 Å². The maximum absolute atomic E-state index is 12.6. The minimum Gasteiger partial charge on any atom is -0.427 e. The molecule has 0 aliphatic carbocycles. The molecule has 142 valence electrons. The predicted molar refractivity (Wildman–Crippen MR) is 107 cm³/mol. The highest BCUT2D eigenvalue weighted by atomic mass is 16.4. The van der Waals surface area contributed by atoms with Crippen molar-refractivity contribution in [3.8, 4) is 0 Å². The number of aliphatic imine (C=N–C) groups is 1. The Morgan fingerprint density at radius 1 is 1.33 bits per heavy atom. The van der Waals surface area contributed by atoms with E-state index in [9.17, 15) is 9.59 Å². The highest BCUT2D eigenvalue weighted by Crippen LogP contribution is 2.16. The lowest BCUT2D eigenvalue weighted by atomic mass is 10.0. The smallest absolute Gasteiger partial charge is 0.349 e. The third-order valence-electron chi connectivity index (χ3n) is 4.46. The normalized spacial score (nSPS) is 13.4. The molecule has 1 amide bonds. The van der Waals surface area contributed by atoms with E-state index in [0.717, 1.165) is 30.9 Å². The molecule has 0 saturated carbocycles. The van der Waals surface area contributed by atoms with E-state index >= 15 is 0 Å². The SMILES string of the molecule is Cc1cc(CCC(C)C)oc(=O)c1C(=O)Nc1cccc(C2=NCCN2)c1. The quantitative estimate of drug-likeness (QED) is 0.822. The van der Waals surface area contributed by atoms with Crippen LogP contribution < -0.4 is 16.3 Å². The van der Waals surface area contributed by atoms with Crippen LogP contribution in [-0.2, 0) is 6.42 Å². The second-order valence-electron chi connectivity index (χ2n) is 7.18. The zero-order valence-corrected chi connectivity index (χ0v) is 16.0. The summed E-state index contributed by atoms with van der Waals surface area (Å²) in [5.74, 6) is 1.49. The lowest BCUT2D eigenvalue weighted by Crippen LogP contribution is -2.23. The number of carbonyl (C=O) groups excluding carboxylic acids is 1. The number of benzene rings is 1. The van der Waals surface area contributed by atoms with Crippen LogP contribution in [0.25, 0.3) is 0 Å². The number of rotatable bonds is 6. The minimum absolute atomic E-state index is 0.0463. The van der Waals surface area contributed by atoms with Crippen LogP contribution in [0, 0.1) is 12.8 Å². The summed E-state index contributed by atoms with van der Waals surface area (Å²) in [4.78, 5) is 29.4. The Morgan fingerprint density at radius 3 is 2.81 bits per heavy atom. The summed E-state index contributed by atoms with van der Waals surface area (Å²) in [5, 5.41) is 5.99. The van der Waals surface area contributed by atoms with Gasteiger partial charge in [0.05, 0.1) is 6.54 Å². The molecule has 0 atom stereocenters. The summed E-state index contributed by atoms with van der Waals surface area (Å²) in [6.45, 7) is 7.56. The van der Waals surface area contributed by atoms with E-state index in [1.807, 2.05) is 18.2 Å². The molecule has 27 heavy (non-hydrogen) atoms. The van der Waals surface area contributed by atoms with Gasteiger partial charge in [-0.25, -0.2) is 4.79 Å². The van der Waals surface area contributed by atoms with Gasteiger partial charge in [-0.3, -0.25) is 9.79 Å². The van der Waals surface area contributed by atoms with Crippen LogP contribution in [0.1, 0.15) is 47.5 Å². The van der Waals surface area contributed by atoms with Gasteiger partial charge in [-0.05, 0) is 43.0 Å². The van der Waals surface area contributed by atoms with Crippen LogP contribution in [0.5, 0.6) is 0 Å². The average molecular weight is 367 g/mol. The fourth-order valence-electron chi connectivity index (χ4n) is 3.03. The van der Waals surface area contributed by atoms with E-state index in [1.54, 1.807) is 19.1 Å². The van der Waals surface area contributed by atoms with Gasteiger partial charge in [-0.1, -0.05) is 26.0 Å². The first-order valence-electron chi connectivity index (χ1n) is 9.28. The molecule has 2 aromatic rings. The molecule has 2 N–H and O–H groups in total. The predicted octanol–water partition coefficient (Wildman–Crippen LogP) is 3.14. The summed E-state index contributed by atoms with van der Waals surface area (Å²) < 4.78 is 5.36.